The first-order valence-corrected chi connectivity index (χ1v) is 5.43. The Balaban J connectivity index is 1.81. The van der Waals surface area contributed by atoms with Crippen LogP contribution in [-0.4, -0.2) is 15.8 Å². The molecule has 0 radical (unpaired) electrons. The quantitative estimate of drug-likeness (QED) is 0.777. The zero-order chi connectivity index (χ0) is 11.2. The Morgan fingerprint density at radius 2 is 2.06 bits per heavy atom. The molecule has 0 unspecified atom stereocenters. The Morgan fingerprint density at radius 1 is 1.25 bits per heavy atom. The minimum absolute atomic E-state index is 0.201. The third-order valence-electron chi connectivity index (χ3n) is 2.47. The molecule has 3 heteroatoms. The van der Waals surface area contributed by atoms with Crippen molar-refractivity contribution >= 4 is 5.78 Å². The SMILES string of the molecule is O=C(CCCc1ncc[nH]1)c1ccccc1. The van der Waals surface area contributed by atoms with E-state index in [0.717, 1.165) is 24.2 Å². The molecule has 0 saturated carbocycles. The summed E-state index contributed by atoms with van der Waals surface area (Å²) in [6.07, 6.45) is 5.76. The van der Waals surface area contributed by atoms with Gasteiger partial charge in [-0.15, -0.1) is 0 Å². The van der Waals surface area contributed by atoms with E-state index in [1.807, 2.05) is 30.3 Å². The molecule has 1 aromatic heterocycles. The second-order valence-electron chi connectivity index (χ2n) is 3.68. The van der Waals surface area contributed by atoms with Crippen molar-refractivity contribution in [2.24, 2.45) is 0 Å². The van der Waals surface area contributed by atoms with Gasteiger partial charge in [-0.3, -0.25) is 4.79 Å². The third kappa shape index (κ3) is 2.79. The van der Waals surface area contributed by atoms with E-state index in [2.05, 4.69) is 9.97 Å². The number of H-pyrrole nitrogens is 1. The van der Waals surface area contributed by atoms with Gasteiger partial charge in [0.05, 0.1) is 0 Å². The molecule has 1 heterocycles. The minimum atomic E-state index is 0.201. The lowest BCUT2D eigenvalue weighted by Gasteiger charge is -1.99. The number of aromatic amines is 1. The van der Waals surface area contributed by atoms with Crippen LogP contribution >= 0.6 is 0 Å². The number of nitrogens with zero attached hydrogens (tertiary/aromatic N) is 1. The highest BCUT2D eigenvalue weighted by Gasteiger charge is 2.04. The van der Waals surface area contributed by atoms with Crippen LogP contribution < -0.4 is 0 Å². The molecular formula is C13H14N2O. The smallest absolute Gasteiger partial charge is 0.162 e. The molecule has 2 rings (SSSR count). The van der Waals surface area contributed by atoms with Gasteiger partial charge in [-0.1, -0.05) is 30.3 Å². The number of ketones is 1. The van der Waals surface area contributed by atoms with Gasteiger partial charge < -0.3 is 4.98 Å². The second-order valence-corrected chi connectivity index (χ2v) is 3.68. The summed E-state index contributed by atoms with van der Waals surface area (Å²) in [6.45, 7) is 0. The molecule has 3 nitrogen and oxygen atoms in total. The average Bonchev–Trinajstić information content (AvgIpc) is 2.83. The number of aryl methyl sites for hydroxylation is 1. The van der Waals surface area contributed by atoms with E-state index in [1.54, 1.807) is 12.4 Å². The first kappa shape index (κ1) is 10.6. The first-order valence-electron chi connectivity index (χ1n) is 5.43. The monoisotopic (exact) mass is 214 g/mol. The van der Waals surface area contributed by atoms with Gasteiger partial charge in [0.25, 0.3) is 0 Å². The van der Waals surface area contributed by atoms with Gasteiger partial charge in [0, 0.05) is 30.8 Å². The highest BCUT2D eigenvalue weighted by atomic mass is 16.1. The number of hydrogen-bond donors (Lipinski definition) is 1. The summed E-state index contributed by atoms with van der Waals surface area (Å²) in [5.74, 6) is 1.15. The largest absolute Gasteiger partial charge is 0.349 e. The predicted molar refractivity (Wildman–Crippen MR) is 62.3 cm³/mol. The number of Topliss-reactive ketones (excluding diaryl/α,β-unsaturated/α-hetero) is 1. The van der Waals surface area contributed by atoms with Gasteiger partial charge in [-0.25, -0.2) is 4.98 Å². The molecule has 0 amide bonds. The summed E-state index contributed by atoms with van der Waals surface area (Å²) < 4.78 is 0. The van der Waals surface area contributed by atoms with Gasteiger partial charge in [-0.05, 0) is 6.42 Å². The standard InChI is InChI=1S/C13H14N2O/c16-12(11-5-2-1-3-6-11)7-4-8-13-14-9-10-15-13/h1-3,5-6,9-10H,4,7-8H2,(H,14,15). The van der Waals surface area contributed by atoms with Crippen molar-refractivity contribution in [2.45, 2.75) is 19.3 Å². The lowest BCUT2D eigenvalue weighted by molar-refractivity contribution is 0.0980. The molecule has 82 valence electrons. The number of nitrogens with one attached hydrogen (secondary N) is 1. The van der Waals surface area contributed by atoms with Crippen molar-refractivity contribution in [3.8, 4) is 0 Å². The molecule has 0 aliphatic rings. The molecule has 0 fully saturated rings. The van der Waals surface area contributed by atoms with Crippen LogP contribution in [0.1, 0.15) is 29.0 Å². The van der Waals surface area contributed by atoms with Crippen molar-refractivity contribution in [3.63, 3.8) is 0 Å². The summed E-state index contributed by atoms with van der Waals surface area (Å²) in [6, 6.07) is 9.41. The number of carbonyl (C=O) groups excluding carboxylic acids is 1. The van der Waals surface area contributed by atoms with Crippen LogP contribution in [0.5, 0.6) is 0 Å². The zero-order valence-corrected chi connectivity index (χ0v) is 9.02. The molecule has 0 atom stereocenters. The molecule has 0 bridgehead atoms. The number of carbonyl (C=O) groups is 1. The molecule has 0 aliphatic heterocycles. The fraction of sp³-hybridized carbons (Fsp3) is 0.231. The summed E-state index contributed by atoms with van der Waals surface area (Å²) in [7, 11) is 0. The highest BCUT2D eigenvalue weighted by Crippen LogP contribution is 2.06. The van der Waals surface area contributed by atoms with E-state index >= 15 is 0 Å². The molecule has 0 saturated heterocycles. The number of aromatic nitrogens is 2. The number of benzene rings is 1. The van der Waals surface area contributed by atoms with Crippen molar-refractivity contribution < 1.29 is 4.79 Å². The van der Waals surface area contributed by atoms with Crippen LogP contribution in [0.15, 0.2) is 42.7 Å². The zero-order valence-electron chi connectivity index (χ0n) is 9.02. The Labute approximate surface area is 94.5 Å². The lowest BCUT2D eigenvalue weighted by atomic mass is 10.1. The maximum absolute atomic E-state index is 11.7. The van der Waals surface area contributed by atoms with Crippen LogP contribution in [0.2, 0.25) is 0 Å². The second kappa shape index (κ2) is 5.26. The Bertz CT molecular complexity index is 434. The van der Waals surface area contributed by atoms with Gasteiger partial charge >= 0.3 is 0 Å². The fourth-order valence-electron chi connectivity index (χ4n) is 1.62. The summed E-state index contributed by atoms with van der Waals surface area (Å²) in [5, 5.41) is 0. The van der Waals surface area contributed by atoms with Gasteiger partial charge in [0.2, 0.25) is 0 Å². The molecule has 2 aromatic rings. The van der Waals surface area contributed by atoms with Crippen LogP contribution in [0.4, 0.5) is 0 Å². The molecule has 0 aliphatic carbocycles. The minimum Gasteiger partial charge on any atom is -0.349 e. The van der Waals surface area contributed by atoms with Crippen LogP contribution in [0, 0.1) is 0 Å². The Hall–Kier alpha value is -1.90. The van der Waals surface area contributed by atoms with E-state index in [1.165, 1.54) is 0 Å². The molecule has 1 aromatic carbocycles. The van der Waals surface area contributed by atoms with Crippen LogP contribution in [-0.2, 0) is 6.42 Å². The lowest BCUT2D eigenvalue weighted by Crippen LogP contribution is -2.00. The van der Waals surface area contributed by atoms with Gasteiger partial charge in [-0.2, -0.15) is 0 Å². The van der Waals surface area contributed by atoms with Crippen molar-refractivity contribution in [1.29, 1.82) is 0 Å². The summed E-state index contributed by atoms with van der Waals surface area (Å²) >= 11 is 0. The van der Waals surface area contributed by atoms with E-state index in [0.29, 0.717) is 6.42 Å². The maximum atomic E-state index is 11.7. The Kier molecular flexibility index (Phi) is 3.49. The normalized spacial score (nSPS) is 10.2. The molecule has 16 heavy (non-hydrogen) atoms. The van der Waals surface area contributed by atoms with E-state index in [9.17, 15) is 4.79 Å². The van der Waals surface area contributed by atoms with E-state index in [-0.39, 0.29) is 5.78 Å². The van der Waals surface area contributed by atoms with Gasteiger partial charge in [0.15, 0.2) is 5.78 Å². The van der Waals surface area contributed by atoms with E-state index in [4.69, 9.17) is 0 Å². The highest BCUT2D eigenvalue weighted by molar-refractivity contribution is 5.95. The maximum Gasteiger partial charge on any atom is 0.162 e. The van der Waals surface area contributed by atoms with Crippen molar-refractivity contribution in [2.75, 3.05) is 0 Å². The molecule has 1 N–H and O–H groups in total. The first-order chi connectivity index (χ1) is 7.86. The fourth-order valence-corrected chi connectivity index (χ4v) is 1.62. The predicted octanol–water partition coefficient (Wildman–Crippen LogP) is 2.62. The number of hydrogen-bond acceptors (Lipinski definition) is 2. The molecule has 0 spiro atoms. The molecular weight excluding hydrogens is 200 g/mol. The van der Waals surface area contributed by atoms with Crippen LogP contribution in [0.25, 0.3) is 0 Å². The number of imidazole rings is 1. The van der Waals surface area contributed by atoms with Crippen molar-refractivity contribution in [3.05, 3.63) is 54.1 Å². The average molecular weight is 214 g/mol. The van der Waals surface area contributed by atoms with Crippen molar-refractivity contribution in [1.82, 2.24) is 9.97 Å². The topological polar surface area (TPSA) is 45.8 Å². The van der Waals surface area contributed by atoms with Crippen LogP contribution in [0.3, 0.4) is 0 Å². The summed E-state index contributed by atoms with van der Waals surface area (Å²) in [5.41, 5.74) is 0.793. The third-order valence-corrected chi connectivity index (χ3v) is 2.47. The number of rotatable bonds is 5. The Morgan fingerprint density at radius 3 is 2.75 bits per heavy atom. The summed E-state index contributed by atoms with van der Waals surface area (Å²) in [4.78, 5) is 18.9. The van der Waals surface area contributed by atoms with Gasteiger partial charge in [0.1, 0.15) is 5.82 Å². The van der Waals surface area contributed by atoms with E-state index < -0.39 is 0 Å².